The highest BCUT2D eigenvalue weighted by Crippen LogP contribution is 2.18. The summed E-state index contributed by atoms with van der Waals surface area (Å²) < 4.78 is 5.02. The van der Waals surface area contributed by atoms with E-state index >= 15 is 0 Å². The van der Waals surface area contributed by atoms with Crippen LogP contribution < -0.4 is 4.74 Å². The van der Waals surface area contributed by atoms with Crippen molar-refractivity contribution in [1.29, 1.82) is 0 Å². The van der Waals surface area contributed by atoms with Crippen LogP contribution in [0.5, 0.6) is 5.75 Å². The second-order valence-electron chi connectivity index (χ2n) is 2.81. The maximum atomic E-state index is 10.6. The van der Waals surface area contributed by atoms with Gasteiger partial charge in [0.2, 0.25) is 0 Å². The van der Waals surface area contributed by atoms with Gasteiger partial charge in [0.1, 0.15) is 11.4 Å². The van der Waals surface area contributed by atoms with Crippen LogP contribution in [-0.2, 0) is 6.42 Å². The third-order valence-corrected chi connectivity index (χ3v) is 1.98. The summed E-state index contributed by atoms with van der Waals surface area (Å²) in [6, 6.07) is 1.84. The third-order valence-electron chi connectivity index (χ3n) is 1.98. The SMILES string of the molecule is CCc1nc(C=O)c(OC)cc1C. The van der Waals surface area contributed by atoms with E-state index in [4.69, 9.17) is 4.74 Å². The molecule has 0 aromatic carbocycles. The summed E-state index contributed by atoms with van der Waals surface area (Å²) in [5.41, 5.74) is 2.39. The molecule has 0 bridgehead atoms. The largest absolute Gasteiger partial charge is 0.494 e. The molecule has 0 aliphatic heterocycles. The zero-order valence-corrected chi connectivity index (χ0v) is 8.13. The molecule has 0 amide bonds. The van der Waals surface area contributed by atoms with Crippen LogP contribution in [0.25, 0.3) is 0 Å². The molecule has 0 fully saturated rings. The molecule has 1 heterocycles. The smallest absolute Gasteiger partial charge is 0.172 e. The van der Waals surface area contributed by atoms with E-state index in [1.54, 1.807) is 0 Å². The normalized spacial score (nSPS) is 9.77. The standard InChI is InChI=1S/C10H13NO2/c1-4-8-7(2)5-10(13-3)9(6-12)11-8/h5-6H,4H2,1-3H3. The number of aryl methyl sites for hydroxylation is 2. The topological polar surface area (TPSA) is 39.2 Å². The Labute approximate surface area is 77.8 Å². The van der Waals surface area contributed by atoms with E-state index in [0.717, 1.165) is 24.0 Å². The van der Waals surface area contributed by atoms with Crippen molar-refractivity contribution >= 4 is 6.29 Å². The van der Waals surface area contributed by atoms with Crippen molar-refractivity contribution < 1.29 is 9.53 Å². The molecule has 0 saturated carbocycles. The molecule has 1 rings (SSSR count). The minimum atomic E-state index is 0.380. The van der Waals surface area contributed by atoms with E-state index in [1.807, 2.05) is 19.9 Å². The molecular weight excluding hydrogens is 166 g/mol. The van der Waals surface area contributed by atoms with Crippen molar-refractivity contribution in [3.8, 4) is 5.75 Å². The van der Waals surface area contributed by atoms with Crippen molar-refractivity contribution in [2.75, 3.05) is 7.11 Å². The second-order valence-corrected chi connectivity index (χ2v) is 2.81. The van der Waals surface area contributed by atoms with E-state index in [0.29, 0.717) is 11.4 Å². The summed E-state index contributed by atoms with van der Waals surface area (Å²) in [7, 11) is 1.54. The van der Waals surface area contributed by atoms with E-state index < -0.39 is 0 Å². The van der Waals surface area contributed by atoms with Gasteiger partial charge in [-0.1, -0.05) is 6.92 Å². The van der Waals surface area contributed by atoms with Crippen LogP contribution in [0.1, 0.15) is 28.7 Å². The quantitative estimate of drug-likeness (QED) is 0.664. The van der Waals surface area contributed by atoms with Crippen LogP contribution in [0.2, 0.25) is 0 Å². The highest BCUT2D eigenvalue weighted by molar-refractivity contribution is 5.76. The van der Waals surface area contributed by atoms with Gasteiger partial charge in [0, 0.05) is 5.69 Å². The maximum absolute atomic E-state index is 10.6. The fourth-order valence-electron chi connectivity index (χ4n) is 1.25. The minimum absolute atomic E-state index is 0.380. The monoisotopic (exact) mass is 179 g/mol. The van der Waals surface area contributed by atoms with Crippen LogP contribution in [0, 0.1) is 6.92 Å². The van der Waals surface area contributed by atoms with Crippen LogP contribution in [-0.4, -0.2) is 18.4 Å². The highest BCUT2D eigenvalue weighted by atomic mass is 16.5. The van der Waals surface area contributed by atoms with Gasteiger partial charge in [-0.3, -0.25) is 4.79 Å². The van der Waals surface area contributed by atoms with Crippen molar-refractivity contribution in [2.45, 2.75) is 20.3 Å². The van der Waals surface area contributed by atoms with Crippen molar-refractivity contribution in [2.24, 2.45) is 0 Å². The molecule has 1 aromatic heterocycles. The molecule has 3 heteroatoms. The number of nitrogens with zero attached hydrogens (tertiary/aromatic N) is 1. The van der Waals surface area contributed by atoms with Gasteiger partial charge < -0.3 is 4.74 Å². The molecule has 0 N–H and O–H groups in total. The number of hydrogen-bond acceptors (Lipinski definition) is 3. The Bertz CT molecular complexity index is 321. The molecule has 0 aliphatic carbocycles. The lowest BCUT2D eigenvalue weighted by molar-refractivity contribution is 0.111. The lowest BCUT2D eigenvalue weighted by Gasteiger charge is -2.07. The van der Waals surface area contributed by atoms with Crippen molar-refractivity contribution in [1.82, 2.24) is 4.98 Å². The van der Waals surface area contributed by atoms with Crippen molar-refractivity contribution in [3.63, 3.8) is 0 Å². The Balaban J connectivity index is 3.26. The molecule has 70 valence electrons. The van der Waals surface area contributed by atoms with Gasteiger partial charge in [-0.05, 0) is 25.0 Å². The first-order chi connectivity index (χ1) is 6.22. The average Bonchev–Trinajstić information content (AvgIpc) is 2.17. The Hall–Kier alpha value is -1.38. The van der Waals surface area contributed by atoms with E-state index in [9.17, 15) is 4.79 Å². The van der Waals surface area contributed by atoms with Gasteiger partial charge in [-0.25, -0.2) is 4.98 Å². The second kappa shape index (κ2) is 4.03. The zero-order valence-electron chi connectivity index (χ0n) is 8.13. The number of aromatic nitrogens is 1. The summed E-state index contributed by atoms with van der Waals surface area (Å²) in [6.07, 6.45) is 1.55. The molecule has 0 spiro atoms. The highest BCUT2D eigenvalue weighted by Gasteiger charge is 2.07. The number of methoxy groups -OCH3 is 1. The van der Waals surface area contributed by atoms with Crippen LogP contribution in [0.15, 0.2) is 6.07 Å². The summed E-state index contributed by atoms with van der Waals surface area (Å²) >= 11 is 0. The minimum Gasteiger partial charge on any atom is -0.494 e. The number of carbonyl (C=O) groups is 1. The number of hydrogen-bond donors (Lipinski definition) is 0. The van der Waals surface area contributed by atoms with Crippen LogP contribution >= 0.6 is 0 Å². The number of ether oxygens (including phenoxy) is 1. The van der Waals surface area contributed by atoms with Gasteiger partial charge >= 0.3 is 0 Å². The van der Waals surface area contributed by atoms with Gasteiger partial charge in [0.15, 0.2) is 6.29 Å². The van der Waals surface area contributed by atoms with Gasteiger partial charge in [0.25, 0.3) is 0 Å². The Morgan fingerprint density at radius 1 is 1.62 bits per heavy atom. The summed E-state index contributed by atoms with van der Waals surface area (Å²) in [4.78, 5) is 14.8. The molecular formula is C10H13NO2. The number of aldehydes is 1. The number of pyridine rings is 1. The van der Waals surface area contributed by atoms with Gasteiger partial charge in [-0.15, -0.1) is 0 Å². The number of rotatable bonds is 3. The van der Waals surface area contributed by atoms with Crippen molar-refractivity contribution in [3.05, 3.63) is 23.0 Å². The molecule has 0 radical (unpaired) electrons. The fraction of sp³-hybridized carbons (Fsp3) is 0.400. The first-order valence-corrected chi connectivity index (χ1v) is 4.22. The van der Waals surface area contributed by atoms with E-state index in [1.165, 1.54) is 7.11 Å². The molecule has 0 unspecified atom stereocenters. The summed E-state index contributed by atoms with van der Waals surface area (Å²) in [5, 5.41) is 0. The molecule has 13 heavy (non-hydrogen) atoms. The third kappa shape index (κ3) is 1.86. The molecule has 0 aliphatic rings. The molecule has 1 aromatic rings. The van der Waals surface area contributed by atoms with Crippen LogP contribution in [0.3, 0.4) is 0 Å². The fourth-order valence-corrected chi connectivity index (χ4v) is 1.25. The summed E-state index contributed by atoms with van der Waals surface area (Å²) in [6.45, 7) is 3.97. The predicted molar refractivity (Wildman–Crippen MR) is 50.3 cm³/mol. The molecule has 0 saturated heterocycles. The lowest BCUT2D eigenvalue weighted by atomic mass is 10.1. The van der Waals surface area contributed by atoms with Gasteiger partial charge in [-0.2, -0.15) is 0 Å². The first kappa shape index (κ1) is 9.71. The zero-order chi connectivity index (χ0) is 9.84. The Morgan fingerprint density at radius 2 is 2.31 bits per heavy atom. The Kier molecular flexibility index (Phi) is 3.01. The van der Waals surface area contributed by atoms with E-state index in [-0.39, 0.29) is 0 Å². The Morgan fingerprint density at radius 3 is 2.77 bits per heavy atom. The average molecular weight is 179 g/mol. The lowest BCUT2D eigenvalue weighted by Crippen LogP contribution is -2.00. The number of carbonyl (C=O) groups excluding carboxylic acids is 1. The predicted octanol–water partition coefficient (Wildman–Crippen LogP) is 1.77. The van der Waals surface area contributed by atoms with Crippen LogP contribution in [0.4, 0.5) is 0 Å². The maximum Gasteiger partial charge on any atom is 0.172 e. The van der Waals surface area contributed by atoms with E-state index in [2.05, 4.69) is 4.98 Å². The van der Waals surface area contributed by atoms with Gasteiger partial charge in [0.05, 0.1) is 7.11 Å². The molecule has 3 nitrogen and oxygen atoms in total. The molecule has 0 atom stereocenters. The first-order valence-electron chi connectivity index (χ1n) is 4.22. The summed E-state index contributed by atoms with van der Waals surface area (Å²) in [5.74, 6) is 0.546.